The van der Waals surface area contributed by atoms with Gasteiger partial charge in [0.2, 0.25) is 0 Å². The van der Waals surface area contributed by atoms with Crippen molar-refractivity contribution in [2.75, 3.05) is 6.54 Å². The maximum Gasteiger partial charge on any atom is 0.251 e. The Morgan fingerprint density at radius 3 is 2.23 bits per heavy atom. The van der Waals surface area contributed by atoms with Crippen LogP contribution in [0, 0.1) is 5.41 Å². The van der Waals surface area contributed by atoms with Crippen LogP contribution in [0.15, 0.2) is 77.5 Å². The van der Waals surface area contributed by atoms with Crippen LogP contribution in [0.5, 0.6) is 0 Å². The molecule has 3 nitrogen and oxygen atoms in total. The van der Waals surface area contributed by atoms with Gasteiger partial charge in [-0.15, -0.1) is 0 Å². The molecule has 0 atom stereocenters. The third-order valence-corrected chi connectivity index (χ3v) is 4.88. The van der Waals surface area contributed by atoms with E-state index < -0.39 is 0 Å². The van der Waals surface area contributed by atoms with Gasteiger partial charge < -0.3 is 9.88 Å². The number of amides is 1. The van der Waals surface area contributed by atoms with Gasteiger partial charge in [-0.25, -0.2) is 0 Å². The molecule has 1 heterocycles. The Kier molecular flexibility index (Phi) is 5.62. The molecule has 2 aromatic carbocycles. The number of halogens is 1. The van der Waals surface area contributed by atoms with E-state index in [-0.39, 0.29) is 11.3 Å². The lowest BCUT2D eigenvalue weighted by Crippen LogP contribution is -2.35. The largest absolute Gasteiger partial charge is 0.351 e. The number of carbonyl (C=O) groups is 1. The van der Waals surface area contributed by atoms with E-state index in [1.165, 1.54) is 5.56 Å². The van der Waals surface area contributed by atoms with Crippen LogP contribution in [-0.4, -0.2) is 17.0 Å². The second-order valence-electron chi connectivity index (χ2n) is 7.29. The first-order valence-corrected chi connectivity index (χ1v) is 9.48. The van der Waals surface area contributed by atoms with Gasteiger partial charge >= 0.3 is 0 Å². The lowest BCUT2D eigenvalue weighted by molar-refractivity contribution is 0.0936. The zero-order valence-corrected chi connectivity index (χ0v) is 16.7. The fourth-order valence-corrected chi connectivity index (χ4v) is 3.19. The number of rotatable bonds is 6. The fraction of sp³-hybridized carbons (Fsp3) is 0.227. The summed E-state index contributed by atoms with van der Waals surface area (Å²) in [6, 6.07) is 20.0. The van der Waals surface area contributed by atoms with Gasteiger partial charge in [-0.05, 0) is 65.9 Å². The molecule has 134 valence electrons. The minimum absolute atomic E-state index is 0.0193. The Labute approximate surface area is 163 Å². The SMILES string of the molecule is CC(C)(CNC(=O)c1ccc(-n2cccc2)cc1)Cc1ccc(Br)cc1. The lowest BCUT2D eigenvalue weighted by atomic mass is 9.85. The highest BCUT2D eigenvalue weighted by Gasteiger charge is 2.20. The van der Waals surface area contributed by atoms with Crippen molar-refractivity contribution >= 4 is 21.8 Å². The first kappa shape index (κ1) is 18.5. The van der Waals surface area contributed by atoms with E-state index in [2.05, 4.69) is 59.4 Å². The van der Waals surface area contributed by atoms with Crippen LogP contribution >= 0.6 is 15.9 Å². The molecule has 0 fully saturated rings. The van der Waals surface area contributed by atoms with Crippen molar-refractivity contribution in [3.63, 3.8) is 0 Å². The highest BCUT2D eigenvalue weighted by molar-refractivity contribution is 9.10. The van der Waals surface area contributed by atoms with Crippen LogP contribution in [0.4, 0.5) is 0 Å². The van der Waals surface area contributed by atoms with Gasteiger partial charge in [-0.1, -0.05) is 41.9 Å². The van der Waals surface area contributed by atoms with Crippen LogP contribution in [0.25, 0.3) is 5.69 Å². The molecule has 0 aliphatic heterocycles. The molecule has 0 aliphatic rings. The summed E-state index contributed by atoms with van der Waals surface area (Å²) in [4.78, 5) is 12.5. The third-order valence-electron chi connectivity index (χ3n) is 4.36. The van der Waals surface area contributed by atoms with Crippen molar-refractivity contribution in [2.45, 2.75) is 20.3 Å². The molecule has 0 saturated carbocycles. The molecule has 0 unspecified atom stereocenters. The molecule has 0 spiro atoms. The number of nitrogens with zero attached hydrogens (tertiary/aromatic N) is 1. The first-order chi connectivity index (χ1) is 12.4. The molecular weight excluding hydrogens is 388 g/mol. The predicted molar refractivity (Wildman–Crippen MR) is 110 cm³/mol. The summed E-state index contributed by atoms with van der Waals surface area (Å²) in [5, 5.41) is 3.07. The standard InChI is InChI=1S/C22H23BrN2O/c1-22(2,15-17-5-9-19(23)10-6-17)16-24-21(26)18-7-11-20(12-8-18)25-13-3-4-14-25/h3-14H,15-16H2,1-2H3,(H,24,26). The summed E-state index contributed by atoms with van der Waals surface area (Å²) in [5.74, 6) is -0.0343. The zero-order chi connectivity index (χ0) is 18.6. The minimum Gasteiger partial charge on any atom is -0.351 e. The predicted octanol–water partition coefficient (Wildman–Crippen LogP) is 5.24. The van der Waals surface area contributed by atoms with Crippen molar-refractivity contribution in [1.29, 1.82) is 0 Å². The molecule has 1 N–H and O–H groups in total. The van der Waals surface area contributed by atoms with E-state index in [0.717, 1.165) is 16.6 Å². The van der Waals surface area contributed by atoms with E-state index in [9.17, 15) is 4.79 Å². The summed E-state index contributed by atoms with van der Waals surface area (Å²) in [5.41, 5.74) is 2.97. The van der Waals surface area contributed by atoms with Crippen LogP contribution in [0.1, 0.15) is 29.8 Å². The summed E-state index contributed by atoms with van der Waals surface area (Å²) >= 11 is 3.46. The highest BCUT2D eigenvalue weighted by atomic mass is 79.9. The quantitative estimate of drug-likeness (QED) is 0.592. The van der Waals surface area contributed by atoms with E-state index in [1.807, 2.05) is 53.4 Å². The summed E-state index contributed by atoms with van der Waals surface area (Å²) in [7, 11) is 0. The average Bonchev–Trinajstić information content (AvgIpc) is 3.16. The molecule has 4 heteroatoms. The molecule has 0 bridgehead atoms. The molecule has 3 rings (SSSR count). The Morgan fingerprint density at radius 2 is 1.62 bits per heavy atom. The average molecular weight is 411 g/mol. The van der Waals surface area contributed by atoms with Gasteiger partial charge in [-0.3, -0.25) is 4.79 Å². The summed E-state index contributed by atoms with van der Waals surface area (Å²) < 4.78 is 3.10. The lowest BCUT2D eigenvalue weighted by Gasteiger charge is -2.25. The minimum atomic E-state index is -0.0343. The zero-order valence-electron chi connectivity index (χ0n) is 15.1. The normalized spacial score (nSPS) is 11.3. The number of hydrogen-bond acceptors (Lipinski definition) is 1. The second-order valence-corrected chi connectivity index (χ2v) is 8.20. The molecule has 1 amide bonds. The molecule has 1 aromatic heterocycles. The van der Waals surface area contributed by atoms with Crippen molar-refractivity contribution in [3.05, 3.63) is 88.7 Å². The molecular formula is C22H23BrN2O. The molecule has 0 aliphatic carbocycles. The number of hydrogen-bond donors (Lipinski definition) is 1. The van der Waals surface area contributed by atoms with Gasteiger partial charge in [0, 0.05) is 34.7 Å². The number of carbonyl (C=O) groups excluding carboxylic acids is 1. The summed E-state index contributed by atoms with van der Waals surface area (Å²) in [6.07, 6.45) is 4.88. The van der Waals surface area contributed by atoms with Gasteiger partial charge in [0.05, 0.1) is 0 Å². The molecule has 3 aromatic rings. The van der Waals surface area contributed by atoms with Crippen molar-refractivity contribution in [3.8, 4) is 5.69 Å². The van der Waals surface area contributed by atoms with Crippen LogP contribution in [0.3, 0.4) is 0 Å². The molecule has 26 heavy (non-hydrogen) atoms. The van der Waals surface area contributed by atoms with Crippen molar-refractivity contribution in [2.24, 2.45) is 5.41 Å². The monoisotopic (exact) mass is 410 g/mol. The Morgan fingerprint density at radius 1 is 1.00 bits per heavy atom. The topological polar surface area (TPSA) is 34.0 Å². The van der Waals surface area contributed by atoms with E-state index >= 15 is 0 Å². The Bertz CT molecular complexity index is 850. The first-order valence-electron chi connectivity index (χ1n) is 8.69. The second kappa shape index (κ2) is 7.92. The summed E-state index contributed by atoms with van der Waals surface area (Å²) in [6.45, 7) is 4.97. The molecule has 0 radical (unpaired) electrons. The van der Waals surface area contributed by atoms with E-state index in [0.29, 0.717) is 12.1 Å². The maximum absolute atomic E-state index is 12.5. The van der Waals surface area contributed by atoms with E-state index in [4.69, 9.17) is 0 Å². The van der Waals surface area contributed by atoms with Gasteiger partial charge in [-0.2, -0.15) is 0 Å². The van der Waals surface area contributed by atoms with Gasteiger partial charge in [0.1, 0.15) is 0 Å². The van der Waals surface area contributed by atoms with Crippen LogP contribution < -0.4 is 5.32 Å². The molecule has 0 saturated heterocycles. The third kappa shape index (κ3) is 4.85. The maximum atomic E-state index is 12.5. The Balaban J connectivity index is 1.58. The van der Waals surface area contributed by atoms with Crippen LogP contribution in [-0.2, 0) is 6.42 Å². The smallest absolute Gasteiger partial charge is 0.251 e. The van der Waals surface area contributed by atoms with Crippen molar-refractivity contribution in [1.82, 2.24) is 9.88 Å². The number of nitrogens with one attached hydrogen (secondary N) is 1. The fourth-order valence-electron chi connectivity index (χ4n) is 2.93. The van der Waals surface area contributed by atoms with Gasteiger partial charge in [0.25, 0.3) is 5.91 Å². The van der Waals surface area contributed by atoms with Gasteiger partial charge in [0.15, 0.2) is 0 Å². The Hall–Kier alpha value is -2.33. The highest BCUT2D eigenvalue weighted by Crippen LogP contribution is 2.22. The van der Waals surface area contributed by atoms with E-state index in [1.54, 1.807) is 0 Å². The number of aromatic nitrogens is 1. The van der Waals surface area contributed by atoms with Crippen LogP contribution in [0.2, 0.25) is 0 Å². The van der Waals surface area contributed by atoms with Crippen molar-refractivity contribution < 1.29 is 4.79 Å². The number of benzene rings is 2.